The van der Waals surface area contributed by atoms with Crippen LogP contribution in [-0.2, 0) is 6.42 Å². The number of rotatable bonds is 0. The van der Waals surface area contributed by atoms with Gasteiger partial charge in [0, 0.05) is 5.57 Å². The summed E-state index contributed by atoms with van der Waals surface area (Å²) in [6.45, 7) is 2.16. The second kappa shape index (κ2) is 2.81. The predicted octanol–water partition coefficient (Wildman–Crippen LogP) is 2.88. The molecule has 0 fully saturated rings. The highest BCUT2D eigenvalue weighted by molar-refractivity contribution is 7.32. The Hall–Kier alpha value is -0.990. The van der Waals surface area contributed by atoms with Crippen LogP contribution < -0.4 is 0 Å². The molecule has 0 saturated carbocycles. The van der Waals surface area contributed by atoms with E-state index in [0.717, 1.165) is 26.6 Å². The fraction of sp³-hybridized carbons (Fsp3) is 0.300. The predicted molar refractivity (Wildman–Crippen MR) is 52.6 cm³/mol. The number of fused-ring (bicyclic) bond motifs is 1. The van der Waals surface area contributed by atoms with Gasteiger partial charge in [0.1, 0.15) is 0 Å². The van der Waals surface area contributed by atoms with Crippen molar-refractivity contribution in [1.82, 2.24) is 0 Å². The average Bonchev–Trinajstić information content (AvgIpc) is 2.43. The van der Waals surface area contributed by atoms with E-state index in [1.165, 1.54) is 10.9 Å². The van der Waals surface area contributed by atoms with E-state index in [1.54, 1.807) is 5.30 Å². The fourth-order valence-corrected chi connectivity index (χ4v) is 2.85. The van der Waals surface area contributed by atoms with Crippen LogP contribution in [0.25, 0.3) is 6.08 Å². The molecule has 0 saturated heterocycles. The van der Waals surface area contributed by atoms with Crippen molar-refractivity contribution in [3.8, 4) is 6.07 Å². The molecule has 1 unspecified atom stereocenters. The molecule has 0 bridgehead atoms. The Morgan fingerprint density at radius 3 is 3.08 bits per heavy atom. The molecule has 1 aliphatic carbocycles. The molecule has 60 valence electrons. The van der Waals surface area contributed by atoms with E-state index < -0.39 is 0 Å². The van der Waals surface area contributed by atoms with Gasteiger partial charge in [-0.25, -0.2) is 0 Å². The third-order valence-corrected chi connectivity index (χ3v) is 3.57. The lowest BCUT2D eigenvalue weighted by atomic mass is 10.00. The van der Waals surface area contributed by atoms with Gasteiger partial charge in [0.15, 0.2) is 0 Å². The Morgan fingerprint density at radius 1 is 1.50 bits per heavy atom. The van der Waals surface area contributed by atoms with Crippen molar-refractivity contribution in [2.45, 2.75) is 19.8 Å². The summed E-state index contributed by atoms with van der Waals surface area (Å²) in [5.41, 5.74) is 2.25. The van der Waals surface area contributed by atoms with Crippen LogP contribution in [0.3, 0.4) is 0 Å². The minimum atomic E-state index is 0.890. The summed E-state index contributed by atoms with van der Waals surface area (Å²) in [6, 6.07) is 4.44. The molecule has 0 N–H and O–H groups in total. The van der Waals surface area contributed by atoms with E-state index in [-0.39, 0.29) is 0 Å². The molecule has 1 aliphatic rings. The number of hydrogen-bond acceptors (Lipinski definition) is 1. The summed E-state index contributed by atoms with van der Waals surface area (Å²) in [7, 11) is 0.890. The van der Waals surface area contributed by atoms with E-state index in [4.69, 9.17) is 5.26 Å². The maximum atomic E-state index is 8.72. The highest BCUT2D eigenvalue weighted by atomic mass is 31.0. The van der Waals surface area contributed by atoms with Gasteiger partial charge in [0.05, 0.1) is 6.07 Å². The van der Waals surface area contributed by atoms with Gasteiger partial charge in [0.25, 0.3) is 0 Å². The largest absolute Gasteiger partial charge is 0.193 e. The first-order chi connectivity index (χ1) is 5.79. The molecule has 0 aromatic carbocycles. The maximum Gasteiger partial charge on any atom is 0.0947 e. The maximum absolute atomic E-state index is 8.72. The van der Waals surface area contributed by atoms with Crippen molar-refractivity contribution in [3.63, 3.8) is 0 Å². The van der Waals surface area contributed by atoms with Crippen LogP contribution in [-0.4, -0.2) is 0 Å². The van der Waals surface area contributed by atoms with Gasteiger partial charge in [-0.15, -0.1) is 8.19 Å². The van der Waals surface area contributed by atoms with Crippen molar-refractivity contribution in [2.75, 3.05) is 0 Å². The Bertz CT molecular complexity index is 379. The van der Waals surface area contributed by atoms with Crippen LogP contribution >= 0.6 is 8.19 Å². The first-order valence-electron chi connectivity index (χ1n) is 4.09. The molecule has 12 heavy (non-hydrogen) atoms. The smallest absolute Gasteiger partial charge is 0.0947 e. The van der Waals surface area contributed by atoms with Crippen LogP contribution in [0.4, 0.5) is 0 Å². The number of aryl methyl sites for hydroxylation is 2. The van der Waals surface area contributed by atoms with Gasteiger partial charge in [-0.3, -0.25) is 0 Å². The lowest BCUT2D eigenvalue weighted by molar-refractivity contribution is 0.977. The lowest BCUT2D eigenvalue weighted by Gasteiger charge is -2.06. The van der Waals surface area contributed by atoms with Crippen LogP contribution in [0.1, 0.15) is 22.6 Å². The molecule has 0 aliphatic heterocycles. The van der Waals surface area contributed by atoms with Gasteiger partial charge < -0.3 is 0 Å². The number of nitriles is 1. The van der Waals surface area contributed by atoms with E-state index in [2.05, 4.69) is 19.1 Å². The van der Waals surface area contributed by atoms with Crippen molar-refractivity contribution in [3.05, 3.63) is 27.8 Å². The zero-order valence-corrected chi connectivity index (χ0v) is 8.02. The first-order valence-corrected chi connectivity index (χ1v) is 5.09. The normalized spacial score (nSPS) is 15.5. The van der Waals surface area contributed by atoms with Crippen LogP contribution in [0.5, 0.6) is 0 Å². The lowest BCUT2D eigenvalue weighted by Crippen LogP contribution is -1.92. The van der Waals surface area contributed by atoms with Crippen molar-refractivity contribution in [2.24, 2.45) is 0 Å². The number of allylic oxidation sites excluding steroid dienone is 1. The summed E-state index contributed by atoms with van der Waals surface area (Å²) in [5, 5.41) is 11.7. The van der Waals surface area contributed by atoms with Crippen molar-refractivity contribution < 1.29 is 0 Å². The Kier molecular flexibility index (Phi) is 1.79. The van der Waals surface area contributed by atoms with Crippen molar-refractivity contribution >= 4 is 14.3 Å². The molecule has 1 nitrogen and oxygen atoms in total. The summed E-state index contributed by atoms with van der Waals surface area (Å²) < 4.78 is 0. The summed E-state index contributed by atoms with van der Waals surface area (Å²) in [6.07, 6.45) is 4.09. The number of nitrogens with zero attached hydrogens (tertiary/aromatic N) is 1. The van der Waals surface area contributed by atoms with E-state index in [1.807, 2.05) is 6.08 Å². The van der Waals surface area contributed by atoms with Gasteiger partial charge >= 0.3 is 0 Å². The molecule has 1 heterocycles. The highest BCUT2D eigenvalue weighted by Crippen LogP contribution is 2.33. The van der Waals surface area contributed by atoms with Crippen LogP contribution in [0.15, 0.2) is 11.6 Å². The van der Waals surface area contributed by atoms with Gasteiger partial charge in [-0.1, -0.05) is 0 Å². The van der Waals surface area contributed by atoms with E-state index in [9.17, 15) is 0 Å². The third-order valence-electron chi connectivity index (χ3n) is 2.19. The third kappa shape index (κ3) is 1.19. The zero-order valence-electron chi connectivity index (χ0n) is 7.02. The second-order valence-electron chi connectivity index (χ2n) is 3.17. The Balaban J connectivity index is 2.48. The standard InChI is InChI=1S/C10H10NP/c1-7-4-9-5-8(6-11)2-3-10(9)12-7/h4-5,12H,2-3H2,1H3. The number of hydrogen-bond donors (Lipinski definition) is 0. The molecular weight excluding hydrogens is 165 g/mol. The molecule has 1 aromatic heterocycles. The summed E-state index contributed by atoms with van der Waals surface area (Å²) in [4.78, 5) is 0. The Labute approximate surface area is 73.8 Å². The summed E-state index contributed by atoms with van der Waals surface area (Å²) in [5.74, 6) is 0. The first kappa shape index (κ1) is 7.65. The molecule has 0 amide bonds. The summed E-state index contributed by atoms with van der Waals surface area (Å²) >= 11 is 0. The van der Waals surface area contributed by atoms with Gasteiger partial charge in [0.2, 0.25) is 0 Å². The molecule has 2 heteroatoms. The Morgan fingerprint density at radius 2 is 2.33 bits per heavy atom. The van der Waals surface area contributed by atoms with Gasteiger partial charge in [-0.2, -0.15) is 5.26 Å². The topological polar surface area (TPSA) is 23.8 Å². The zero-order chi connectivity index (χ0) is 8.55. The average molecular weight is 175 g/mol. The van der Waals surface area contributed by atoms with Crippen LogP contribution in [0.2, 0.25) is 0 Å². The molecule has 1 aromatic rings. The quantitative estimate of drug-likeness (QED) is 0.594. The SMILES string of the molecule is Cc1cc2c([pH]1)CCC(C#N)=C2. The molecule has 0 spiro atoms. The fourth-order valence-electron chi connectivity index (χ4n) is 1.61. The molecular formula is C10H10NP. The highest BCUT2D eigenvalue weighted by Gasteiger charge is 2.10. The van der Waals surface area contributed by atoms with E-state index >= 15 is 0 Å². The van der Waals surface area contributed by atoms with E-state index in [0.29, 0.717) is 0 Å². The molecule has 2 rings (SSSR count). The second-order valence-corrected chi connectivity index (χ2v) is 4.81. The molecule has 0 radical (unpaired) electrons. The van der Waals surface area contributed by atoms with Crippen LogP contribution in [0, 0.1) is 18.3 Å². The minimum absolute atomic E-state index is 0.890. The van der Waals surface area contributed by atoms with Crippen molar-refractivity contribution in [1.29, 1.82) is 5.26 Å². The van der Waals surface area contributed by atoms with Gasteiger partial charge in [-0.05, 0) is 48.1 Å². The monoisotopic (exact) mass is 175 g/mol. The molecule has 1 atom stereocenters. The minimum Gasteiger partial charge on any atom is -0.193 e.